The molecule has 1 aliphatic rings. The fourth-order valence-electron chi connectivity index (χ4n) is 2.34. The average molecular weight is 287 g/mol. The highest BCUT2D eigenvalue weighted by molar-refractivity contribution is 5.95. The van der Waals surface area contributed by atoms with E-state index in [2.05, 4.69) is 0 Å². The Balaban J connectivity index is 2.30. The summed E-state index contributed by atoms with van der Waals surface area (Å²) in [4.78, 5) is 24.0. The number of carbonyl (C=O) groups is 2. The van der Waals surface area contributed by atoms with Crippen LogP contribution in [-0.4, -0.2) is 35.0 Å². The molecule has 108 valence electrons. The molecule has 0 saturated carbocycles. The summed E-state index contributed by atoms with van der Waals surface area (Å²) in [5.41, 5.74) is -0.983. The monoisotopic (exact) mass is 287 g/mol. The van der Waals surface area contributed by atoms with Crippen LogP contribution in [-0.2, 0) is 4.79 Å². The Morgan fingerprint density at radius 2 is 1.80 bits per heavy atom. The van der Waals surface area contributed by atoms with Gasteiger partial charge in [0.1, 0.15) is 11.4 Å². The van der Waals surface area contributed by atoms with Crippen molar-refractivity contribution in [2.24, 2.45) is 11.8 Å². The number of carbonyl (C=O) groups excluding carboxylic acids is 1. The number of halogens is 3. The Kier molecular flexibility index (Phi) is 3.69. The smallest absolute Gasteiger partial charge is 0.308 e. The van der Waals surface area contributed by atoms with Crippen LogP contribution >= 0.6 is 0 Å². The Labute approximate surface area is 112 Å². The molecule has 1 amide bonds. The number of hydrogen-bond acceptors (Lipinski definition) is 2. The molecule has 20 heavy (non-hydrogen) atoms. The van der Waals surface area contributed by atoms with Gasteiger partial charge in [-0.05, 0) is 18.1 Å². The largest absolute Gasteiger partial charge is 0.481 e. The van der Waals surface area contributed by atoms with Crippen LogP contribution in [0, 0.1) is 29.3 Å². The van der Waals surface area contributed by atoms with Gasteiger partial charge in [-0.1, -0.05) is 6.92 Å². The van der Waals surface area contributed by atoms with Crippen molar-refractivity contribution in [1.82, 2.24) is 4.90 Å². The first-order valence-corrected chi connectivity index (χ1v) is 5.98. The van der Waals surface area contributed by atoms with Gasteiger partial charge in [0, 0.05) is 13.1 Å². The summed E-state index contributed by atoms with van der Waals surface area (Å²) < 4.78 is 40.1. The van der Waals surface area contributed by atoms with Gasteiger partial charge >= 0.3 is 5.97 Å². The number of benzene rings is 1. The van der Waals surface area contributed by atoms with Gasteiger partial charge in [0.25, 0.3) is 5.91 Å². The van der Waals surface area contributed by atoms with Crippen LogP contribution in [0.25, 0.3) is 0 Å². The number of hydrogen-bond donors (Lipinski definition) is 1. The molecule has 1 fully saturated rings. The highest BCUT2D eigenvalue weighted by Crippen LogP contribution is 2.26. The highest BCUT2D eigenvalue weighted by atomic mass is 19.2. The first-order valence-electron chi connectivity index (χ1n) is 5.98. The van der Waals surface area contributed by atoms with Gasteiger partial charge in [-0.2, -0.15) is 0 Å². The van der Waals surface area contributed by atoms with Crippen LogP contribution in [0.5, 0.6) is 0 Å². The lowest BCUT2D eigenvalue weighted by molar-refractivity contribution is -0.142. The van der Waals surface area contributed by atoms with E-state index in [9.17, 15) is 22.8 Å². The number of aliphatic carboxylic acids is 1. The molecule has 1 aromatic rings. The van der Waals surface area contributed by atoms with E-state index >= 15 is 0 Å². The van der Waals surface area contributed by atoms with E-state index in [1.165, 1.54) is 0 Å². The summed E-state index contributed by atoms with van der Waals surface area (Å²) in [5.74, 6) is -7.28. The van der Waals surface area contributed by atoms with Crippen molar-refractivity contribution in [3.8, 4) is 0 Å². The van der Waals surface area contributed by atoms with Gasteiger partial charge in [-0.3, -0.25) is 9.59 Å². The van der Waals surface area contributed by atoms with Gasteiger partial charge < -0.3 is 10.0 Å². The zero-order valence-corrected chi connectivity index (χ0v) is 10.6. The van der Waals surface area contributed by atoms with E-state index in [-0.39, 0.29) is 19.0 Å². The minimum atomic E-state index is -1.55. The maximum Gasteiger partial charge on any atom is 0.308 e. The second-order valence-electron chi connectivity index (χ2n) is 4.85. The van der Waals surface area contributed by atoms with Crippen LogP contribution in [0.15, 0.2) is 12.1 Å². The molecule has 1 N–H and O–H groups in total. The first-order chi connectivity index (χ1) is 9.32. The molecule has 0 unspecified atom stereocenters. The quantitative estimate of drug-likeness (QED) is 0.845. The number of rotatable bonds is 2. The maximum atomic E-state index is 13.5. The zero-order valence-electron chi connectivity index (χ0n) is 10.6. The number of amides is 1. The molecule has 7 heteroatoms. The van der Waals surface area contributed by atoms with Gasteiger partial charge in [0.2, 0.25) is 0 Å². The van der Waals surface area contributed by atoms with Crippen LogP contribution in [0.2, 0.25) is 0 Å². The van der Waals surface area contributed by atoms with Crippen LogP contribution in [0.4, 0.5) is 13.2 Å². The van der Waals surface area contributed by atoms with Gasteiger partial charge in [-0.15, -0.1) is 0 Å². The lowest BCUT2D eigenvalue weighted by Gasteiger charge is -2.16. The van der Waals surface area contributed by atoms with Crippen molar-refractivity contribution in [2.45, 2.75) is 6.92 Å². The third kappa shape index (κ3) is 2.35. The van der Waals surface area contributed by atoms with Crippen molar-refractivity contribution in [1.29, 1.82) is 0 Å². The normalized spacial score (nSPS) is 22.1. The fourth-order valence-corrected chi connectivity index (χ4v) is 2.34. The van der Waals surface area contributed by atoms with E-state index in [1.807, 2.05) is 0 Å². The molecule has 1 aromatic carbocycles. The number of likely N-dealkylation sites (tertiary alicyclic amines) is 1. The molecule has 0 bridgehead atoms. The molecule has 0 radical (unpaired) electrons. The second-order valence-corrected chi connectivity index (χ2v) is 4.85. The lowest BCUT2D eigenvalue weighted by atomic mass is 9.99. The molecule has 1 heterocycles. The van der Waals surface area contributed by atoms with Crippen molar-refractivity contribution in [2.75, 3.05) is 13.1 Å². The van der Waals surface area contributed by atoms with E-state index in [1.54, 1.807) is 6.92 Å². The van der Waals surface area contributed by atoms with E-state index in [4.69, 9.17) is 5.11 Å². The van der Waals surface area contributed by atoms with Crippen molar-refractivity contribution >= 4 is 11.9 Å². The third-order valence-corrected chi connectivity index (χ3v) is 3.47. The summed E-state index contributed by atoms with van der Waals surface area (Å²) in [5, 5.41) is 8.96. The fraction of sp³-hybridized carbons (Fsp3) is 0.385. The van der Waals surface area contributed by atoms with Crippen molar-refractivity contribution in [3.63, 3.8) is 0 Å². The Bertz CT molecular complexity index is 576. The average Bonchev–Trinajstić information content (AvgIpc) is 2.76. The van der Waals surface area contributed by atoms with Gasteiger partial charge in [0.05, 0.1) is 5.92 Å². The molecule has 0 aliphatic carbocycles. The van der Waals surface area contributed by atoms with Crippen molar-refractivity contribution < 1.29 is 27.9 Å². The maximum absolute atomic E-state index is 13.5. The predicted octanol–water partition coefficient (Wildman–Crippen LogP) is 1.90. The molecular formula is C13H12F3NO3. The SMILES string of the molecule is C[C@@H]1CN(C(=O)c2c(F)ccc(F)c2F)C[C@H]1C(=O)O. The molecule has 2 atom stereocenters. The van der Waals surface area contributed by atoms with Crippen LogP contribution in [0.1, 0.15) is 17.3 Å². The molecule has 0 spiro atoms. The minimum absolute atomic E-state index is 0.0607. The summed E-state index contributed by atoms with van der Waals surface area (Å²) in [7, 11) is 0. The van der Waals surface area contributed by atoms with Gasteiger partial charge in [-0.25, -0.2) is 13.2 Å². The molecule has 1 aliphatic heterocycles. The number of carboxylic acid groups (broad SMARTS) is 1. The van der Waals surface area contributed by atoms with Crippen LogP contribution < -0.4 is 0 Å². The summed E-state index contributed by atoms with van der Waals surface area (Å²) in [6.07, 6.45) is 0. The molecule has 4 nitrogen and oxygen atoms in total. The Hall–Kier alpha value is -2.05. The molecular weight excluding hydrogens is 275 g/mol. The second kappa shape index (κ2) is 5.15. The summed E-state index contributed by atoms with van der Waals surface area (Å²) in [6, 6.07) is 1.26. The molecule has 2 rings (SSSR count). The zero-order chi connectivity index (χ0) is 15.0. The third-order valence-electron chi connectivity index (χ3n) is 3.47. The Morgan fingerprint density at radius 1 is 1.20 bits per heavy atom. The number of carboxylic acids is 1. The highest BCUT2D eigenvalue weighted by Gasteiger charge is 2.38. The van der Waals surface area contributed by atoms with E-state index in [0.717, 1.165) is 4.90 Å². The predicted molar refractivity (Wildman–Crippen MR) is 62.5 cm³/mol. The minimum Gasteiger partial charge on any atom is -0.481 e. The number of nitrogens with zero attached hydrogens (tertiary/aromatic N) is 1. The van der Waals surface area contributed by atoms with Crippen molar-refractivity contribution in [3.05, 3.63) is 35.1 Å². The lowest BCUT2D eigenvalue weighted by Crippen LogP contribution is -2.31. The Morgan fingerprint density at radius 3 is 2.35 bits per heavy atom. The first kappa shape index (κ1) is 14.4. The summed E-state index contributed by atoms with van der Waals surface area (Å²) in [6.45, 7) is 1.54. The molecule has 1 saturated heterocycles. The standard InChI is InChI=1S/C13H12F3NO3/c1-6-4-17(5-7(6)13(19)20)12(18)10-8(14)2-3-9(15)11(10)16/h2-3,6-7H,4-5H2,1H3,(H,19,20)/t6-,7-/m1/s1. The topological polar surface area (TPSA) is 57.6 Å². The summed E-state index contributed by atoms with van der Waals surface area (Å²) >= 11 is 0. The molecule has 0 aromatic heterocycles. The van der Waals surface area contributed by atoms with E-state index < -0.39 is 40.8 Å². The van der Waals surface area contributed by atoms with E-state index in [0.29, 0.717) is 12.1 Å². The van der Waals surface area contributed by atoms with Crippen LogP contribution in [0.3, 0.4) is 0 Å². The van der Waals surface area contributed by atoms with Gasteiger partial charge in [0.15, 0.2) is 11.6 Å².